The second kappa shape index (κ2) is 4.64. The zero-order valence-corrected chi connectivity index (χ0v) is 7.84. The van der Waals surface area contributed by atoms with Crippen LogP contribution in [0, 0.1) is 0 Å². The highest BCUT2D eigenvalue weighted by molar-refractivity contribution is 5.98. The SMILES string of the molecule is C/C(=N/NC(N)=O)C1=CCCCC1. The van der Waals surface area contributed by atoms with Crippen LogP contribution in [0.4, 0.5) is 4.79 Å². The van der Waals surface area contributed by atoms with E-state index in [1.165, 1.54) is 18.4 Å². The summed E-state index contributed by atoms with van der Waals surface area (Å²) >= 11 is 0. The Bertz CT molecular complexity index is 256. The summed E-state index contributed by atoms with van der Waals surface area (Å²) in [6.07, 6.45) is 6.79. The molecular weight excluding hydrogens is 166 g/mol. The van der Waals surface area contributed by atoms with Crippen LogP contribution in [-0.2, 0) is 0 Å². The third-order valence-corrected chi connectivity index (χ3v) is 2.09. The third kappa shape index (κ3) is 3.27. The second-order valence-corrected chi connectivity index (χ2v) is 3.15. The minimum atomic E-state index is -0.615. The molecule has 4 heteroatoms. The van der Waals surface area contributed by atoms with Gasteiger partial charge in [0.15, 0.2) is 0 Å². The molecule has 1 aliphatic carbocycles. The zero-order valence-electron chi connectivity index (χ0n) is 7.84. The van der Waals surface area contributed by atoms with Gasteiger partial charge in [-0.3, -0.25) is 0 Å². The van der Waals surface area contributed by atoms with Crippen molar-refractivity contribution in [2.45, 2.75) is 32.6 Å². The quantitative estimate of drug-likeness (QED) is 0.492. The van der Waals surface area contributed by atoms with Crippen LogP contribution < -0.4 is 11.2 Å². The number of urea groups is 1. The summed E-state index contributed by atoms with van der Waals surface area (Å²) in [7, 11) is 0. The van der Waals surface area contributed by atoms with E-state index < -0.39 is 6.03 Å². The summed E-state index contributed by atoms with van der Waals surface area (Å²) in [5, 5.41) is 3.87. The van der Waals surface area contributed by atoms with Crippen LogP contribution in [0.5, 0.6) is 0 Å². The topological polar surface area (TPSA) is 67.5 Å². The summed E-state index contributed by atoms with van der Waals surface area (Å²) in [4.78, 5) is 10.4. The molecule has 1 rings (SSSR count). The average molecular weight is 181 g/mol. The Balaban J connectivity index is 2.54. The average Bonchev–Trinajstić information content (AvgIpc) is 2.15. The molecule has 0 atom stereocenters. The van der Waals surface area contributed by atoms with Crippen LogP contribution in [0.2, 0.25) is 0 Å². The van der Waals surface area contributed by atoms with Crippen molar-refractivity contribution < 1.29 is 4.79 Å². The number of allylic oxidation sites excluding steroid dienone is 2. The number of carbonyl (C=O) groups excluding carboxylic acids is 1. The van der Waals surface area contributed by atoms with Gasteiger partial charge in [0.2, 0.25) is 0 Å². The van der Waals surface area contributed by atoms with E-state index >= 15 is 0 Å². The zero-order chi connectivity index (χ0) is 9.68. The van der Waals surface area contributed by atoms with Gasteiger partial charge in [-0.05, 0) is 38.2 Å². The van der Waals surface area contributed by atoms with Crippen LogP contribution in [0.15, 0.2) is 16.8 Å². The van der Waals surface area contributed by atoms with Crippen LogP contribution in [-0.4, -0.2) is 11.7 Å². The van der Waals surface area contributed by atoms with Crippen molar-refractivity contribution in [1.29, 1.82) is 0 Å². The minimum absolute atomic E-state index is 0.615. The summed E-state index contributed by atoms with van der Waals surface area (Å²) in [5.41, 5.74) is 9.20. The van der Waals surface area contributed by atoms with E-state index in [0.717, 1.165) is 18.6 Å². The van der Waals surface area contributed by atoms with Gasteiger partial charge >= 0.3 is 6.03 Å². The first-order valence-electron chi connectivity index (χ1n) is 4.49. The first-order chi connectivity index (χ1) is 6.20. The van der Waals surface area contributed by atoms with Gasteiger partial charge in [0.25, 0.3) is 0 Å². The molecule has 0 saturated carbocycles. The van der Waals surface area contributed by atoms with E-state index in [2.05, 4.69) is 16.6 Å². The minimum Gasteiger partial charge on any atom is -0.350 e. The molecule has 0 aliphatic heterocycles. The monoisotopic (exact) mass is 181 g/mol. The van der Waals surface area contributed by atoms with E-state index in [9.17, 15) is 4.79 Å². The van der Waals surface area contributed by atoms with Crippen LogP contribution in [0.3, 0.4) is 0 Å². The number of hydrogen-bond acceptors (Lipinski definition) is 2. The van der Waals surface area contributed by atoms with Gasteiger partial charge in [0, 0.05) is 0 Å². The van der Waals surface area contributed by atoms with Gasteiger partial charge in [-0.1, -0.05) is 6.08 Å². The van der Waals surface area contributed by atoms with E-state index in [0.29, 0.717) is 0 Å². The van der Waals surface area contributed by atoms with Crippen molar-refractivity contribution in [2.24, 2.45) is 10.8 Å². The van der Waals surface area contributed by atoms with Crippen LogP contribution >= 0.6 is 0 Å². The number of nitrogens with zero attached hydrogens (tertiary/aromatic N) is 1. The summed E-state index contributed by atoms with van der Waals surface area (Å²) < 4.78 is 0. The van der Waals surface area contributed by atoms with E-state index in [4.69, 9.17) is 5.73 Å². The molecule has 13 heavy (non-hydrogen) atoms. The highest BCUT2D eigenvalue weighted by Gasteiger charge is 2.06. The molecule has 2 amide bonds. The maximum Gasteiger partial charge on any atom is 0.332 e. The molecule has 0 radical (unpaired) electrons. The number of hydrogen-bond donors (Lipinski definition) is 2. The number of carbonyl (C=O) groups is 1. The van der Waals surface area contributed by atoms with Crippen molar-refractivity contribution in [3.05, 3.63) is 11.6 Å². The standard InChI is InChI=1S/C9H15N3O/c1-7(11-12-9(10)13)8-5-3-2-4-6-8/h5H,2-4,6H2,1H3,(H3,10,12,13)/b11-7-. The van der Waals surface area contributed by atoms with Crippen molar-refractivity contribution in [2.75, 3.05) is 0 Å². The first kappa shape index (κ1) is 9.77. The molecule has 72 valence electrons. The summed E-state index contributed by atoms with van der Waals surface area (Å²) in [6, 6.07) is -0.615. The van der Waals surface area contributed by atoms with Gasteiger partial charge in [-0.25, -0.2) is 10.2 Å². The van der Waals surface area contributed by atoms with Gasteiger partial charge in [-0.15, -0.1) is 0 Å². The highest BCUT2D eigenvalue weighted by atomic mass is 16.2. The molecule has 3 N–H and O–H groups in total. The van der Waals surface area contributed by atoms with Gasteiger partial charge in [0.05, 0.1) is 5.71 Å². The van der Waals surface area contributed by atoms with Crippen LogP contribution in [0.25, 0.3) is 0 Å². The van der Waals surface area contributed by atoms with Crippen molar-refractivity contribution in [3.63, 3.8) is 0 Å². The fourth-order valence-corrected chi connectivity index (χ4v) is 1.38. The molecule has 0 aromatic carbocycles. The number of nitrogens with two attached hydrogens (primary N) is 1. The normalized spacial score (nSPS) is 17.9. The molecule has 0 saturated heterocycles. The Morgan fingerprint density at radius 1 is 1.62 bits per heavy atom. The Kier molecular flexibility index (Phi) is 3.49. The third-order valence-electron chi connectivity index (χ3n) is 2.09. The largest absolute Gasteiger partial charge is 0.350 e. The number of hydrazone groups is 1. The number of amides is 2. The number of rotatable bonds is 2. The molecule has 4 nitrogen and oxygen atoms in total. The van der Waals surface area contributed by atoms with E-state index in [1.807, 2.05) is 6.92 Å². The maximum atomic E-state index is 10.4. The fourth-order valence-electron chi connectivity index (χ4n) is 1.38. The van der Waals surface area contributed by atoms with Crippen LogP contribution in [0.1, 0.15) is 32.6 Å². The fraction of sp³-hybridized carbons (Fsp3) is 0.556. The molecular formula is C9H15N3O. The van der Waals surface area contributed by atoms with Gasteiger partial charge < -0.3 is 5.73 Å². The molecule has 0 aromatic heterocycles. The first-order valence-corrected chi connectivity index (χ1v) is 4.49. The molecule has 0 bridgehead atoms. The highest BCUT2D eigenvalue weighted by Crippen LogP contribution is 2.18. The molecule has 0 unspecified atom stereocenters. The lowest BCUT2D eigenvalue weighted by atomic mass is 9.97. The summed E-state index contributed by atoms with van der Waals surface area (Å²) in [5.74, 6) is 0. The van der Waals surface area contributed by atoms with Gasteiger partial charge in [-0.2, -0.15) is 5.10 Å². The Labute approximate surface area is 77.9 Å². The second-order valence-electron chi connectivity index (χ2n) is 3.15. The Morgan fingerprint density at radius 3 is 2.92 bits per heavy atom. The van der Waals surface area contributed by atoms with E-state index in [-0.39, 0.29) is 0 Å². The lowest BCUT2D eigenvalue weighted by Crippen LogP contribution is -2.25. The number of nitrogens with one attached hydrogen (secondary N) is 1. The molecule has 0 aromatic rings. The van der Waals surface area contributed by atoms with Crippen molar-refractivity contribution >= 4 is 11.7 Å². The molecule has 0 heterocycles. The molecule has 1 aliphatic rings. The predicted molar refractivity (Wildman–Crippen MR) is 52.4 cm³/mol. The number of primary amides is 1. The van der Waals surface area contributed by atoms with E-state index in [1.54, 1.807) is 0 Å². The Morgan fingerprint density at radius 2 is 2.38 bits per heavy atom. The summed E-state index contributed by atoms with van der Waals surface area (Å²) in [6.45, 7) is 1.88. The smallest absolute Gasteiger partial charge is 0.332 e. The lowest BCUT2D eigenvalue weighted by molar-refractivity contribution is 0.249. The van der Waals surface area contributed by atoms with Crippen molar-refractivity contribution in [1.82, 2.24) is 5.43 Å². The maximum absolute atomic E-state index is 10.4. The lowest BCUT2D eigenvalue weighted by Gasteiger charge is -2.11. The van der Waals surface area contributed by atoms with Gasteiger partial charge in [0.1, 0.15) is 0 Å². The molecule has 0 spiro atoms. The Hall–Kier alpha value is -1.32. The molecule has 0 fully saturated rings. The predicted octanol–water partition coefficient (Wildman–Crippen LogP) is 1.53. The van der Waals surface area contributed by atoms with Crippen molar-refractivity contribution in [3.8, 4) is 0 Å².